The number of aromatic nitrogens is 1. The number of hydrogen-bond acceptors (Lipinski definition) is 5. The molecular weight excluding hydrogens is 384 g/mol. The summed E-state index contributed by atoms with van der Waals surface area (Å²) in [5.41, 5.74) is 5.81. The summed E-state index contributed by atoms with van der Waals surface area (Å²) >= 11 is 0. The first kappa shape index (κ1) is 20.0. The van der Waals surface area contributed by atoms with E-state index in [1.54, 1.807) is 0 Å². The smallest absolute Gasteiger partial charge is 0.0730 e. The lowest BCUT2D eigenvalue weighted by Gasteiger charge is -2.34. The minimum Gasteiger partial charge on any atom is -0.378 e. The summed E-state index contributed by atoms with van der Waals surface area (Å²) in [7, 11) is 2.19. The molecule has 160 valence electrons. The van der Waals surface area contributed by atoms with Gasteiger partial charge in [0, 0.05) is 56.0 Å². The minimum absolute atomic E-state index is 0.810. The maximum absolute atomic E-state index is 5.46. The molecule has 5 heteroatoms. The summed E-state index contributed by atoms with van der Waals surface area (Å²) in [4.78, 5) is 12.2. The first-order valence-electron chi connectivity index (χ1n) is 11.2. The third kappa shape index (κ3) is 4.58. The molecule has 1 aromatic heterocycles. The predicted molar refractivity (Wildman–Crippen MR) is 130 cm³/mol. The Balaban J connectivity index is 1.39. The summed E-state index contributed by atoms with van der Waals surface area (Å²) in [6.45, 7) is 7.84. The molecule has 5 rings (SSSR count). The summed E-state index contributed by atoms with van der Waals surface area (Å²) in [6, 6.07) is 19.5. The van der Waals surface area contributed by atoms with Gasteiger partial charge in [-0.2, -0.15) is 0 Å². The molecule has 0 bridgehead atoms. The second-order valence-electron chi connectivity index (χ2n) is 8.40. The lowest BCUT2D eigenvalue weighted by molar-refractivity contribution is 0.122. The molecule has 0 unspecified atom stereocenters. The zero-order valence-electron chi connectivity index (χ0n) is 18.2. The van der Waals surface area contributed by atoms with Crippen molar-refractivity contribution in [2.45, 2.75) is 0 Å². The number of pyridine rings is 1. The first-order valence-corrected chi connectivity index (χ1v) is 11.2. The maximum Gasteiger partial charge on any atom is 0.0730 e. The minimum atomic E-state index is 0.810. The first-order chi connectivity index (χ1) is 15.3. The van der Waals surface area contributed by atoms with E-state index in [1.165, 1.54) is 22.3 Å². The van der Waals surface area contributed by atoms with Crippen LogP contribution in [0.3, 0.4) is 0 Å². The van der Waals surface area contributed by atoms with Crippen molar-refractivity contribution in [1.29, 1.82) is 0 Å². The van der Waals surface area contributed by atoms with Gasteiger partial charge in [-0.1, -0.05) is 36.4 Å². The third-order valence-electron chi connectivity index (χ3n) is 6.27. The summed E-state index contributed by atoms with van der Waals surface area (Å²) in [5, 5.41) is 1.24. The molecule has 0 amide bonds. The number of ether oxygens (including phenoxy) is 1. The molecule has 2 aliphatic heterocycles. The number of fused-ring (bicyclic) bond motifs is 1. The molecule has 2 saturated heterocycles. The van der Waals surface area contributed by atoms with Gasteiger partial charge in [-0.05, 0) is 43.0 Å². The highest BCUT2D eigenvalue weighted by Crippen LogP contribution is 2.28. The molecule has 0 saturated carbocycles. The SMILES string of the molecule is CN1CCN(c2cc(/C=C/c3ccc(N4CCOCC4)cc3)nc3ccccc23)CC1. The third-order valence-corrected chi connectivity index (χ3v) is 6.27. The number of anilines is 2. The Morgan fingerprint density at radius 3 is 2.32 bits per heavy atom. The molecule has 0 N–H and O–H groups in total. The van der Waals surface area contributed by atoms with E-state index in [2.05, 4.69) is 88.5 Å². The summed E-state index contributed by atoms with van der Waals surface area (Å²) < 4.78 is 5.46. The molecule has 0 aliphatic carbocycles. The number of morpholine rings is 1. The Labute approximate surface area is 184 Å². The quantitative estimate of drug-likeness (QED) is 0.644. The normalized spacial score (nSPS) is 18.2. The fourth-order valence-electron chi connectivity index (χ4n) is 4.37. The molecule has 3 aromatic rings. The van der Waals surface area contributed by atoms with Crippen molar-refractivity contribution in [2.75, 3.05) is 69.3 Å². The van der Waals surface area contributed by atoms with E-state index < -0.39 is 0 Å². The predicted octanol–water partition coefficient (Wildman–Crippen LogP) is 3.99. The van der Waals surface area contributed by atoms with Crippen LogP contribution in [0.1, 0.15) is 11.3 Å². The number of benzene rings is 2. The molecule has 2 aliphatic rings. The Morgan fingerprint density at radius 2 is 1.55 bits per heavy atom. The van der Waals surface area contributed by atoms with Crippen LogP contribution in [0.25, 0.3) is 23.1 Å². The number of para-hydroxylation sites is 1. The Hall–Kier alpha value is -2.89. The zero-order valence-corrected chi connectivity index (χ0v) is 18.2. The molecule has 0 spiro atoms. The Bertz CT molecular complexity index is 1050. The van der Waals surface area contributed by atoms with Crippen molar-refractivity contribution in [1.82, 2.24) is 9.88 Å². The van der Waals surface area contributed by atoms with Crippen LogP contribution >= 0.6 is 0 Å². The Kier molecular flexibility index (Phi) is 5.87. The number of rotatable bonds is 4. The average Bonchev–Trinajstić information content (AvgIpc) is 2.84. The lowest BCUT2D eigenvalue weighted by Crippen LogP contribution is -2.44. The highest BCUT2D eigenvalue weighted by atomic mass is 16.5. The summed E-state index contributed by atoms with van der Waals surface area (Å²) in [5.74, 6) is 0. The lowest BCUT2D eigenvalue weighted by atomic mass is 10.1. The van der Waals surface area contributed by atoms with Gasteiger partial charge in [-0.25, -0.2) is 4.98 Å². The van der Waals surface area contributed by atoms with Crippen molar-refractivity contribution in [3.05, 3.63) is 65.9 Å². The van der Waals surface area contributed by atoms with Crippen molar-refractivity contribution >= 4 is 34.4 Å². The summed E-state index contributed by atoms with van der Waals surface area (Å²) in [6.07, 6.45) is 4.30. The van der Waals surface area contributed by atoms with Gasteiger partial charge < -0.3 is 19.4 Å². The van der Waals surface area contributed by atoms with Gasteiger partial charge in [0.1, 0.15) is 0 Å². The fraction of sp³-hybridized carbons (Fsp3) is 0.346. The van der Waals surface area contributed by atoms with Crippen LogP contribution in [-0.2, 0) is 4.74 Å². The number of nitrogens with zero attached hydrogens (tertiary/aromatic N) is 4. The van der Waals surface area contributed by atoms with Crippen molar-refractivity contribution in [3.63, 3.8) is 0 Å². The van der Waals surface area contributed by atoms with E-state index in [1.807, 2.05) is 0 Å². The van der Waals surface area contributed by atoms with Gasteiger partial charge >= 0.3 is 0 Å². The number of piperazine rings is 1. The van der Waals surface area contributed by atoms with E-state index in [4.69, 9.17) is 9.72 Å². The molecule has 0 radical (unpaired) electrons. The van der Waals surface area contributed by atoms with Crippen molar-refractivity contribution in [2.24, 2.45) is 0 Å². The van der Waals surface area contributed by atoms with E-state index in [0.717, 1.165) is 63.7 Å². The monoisotopic (exact) mass is 414 g/mol. The van der Waals surface area contributed by atoms with E-state index >= 15 is 0 Å². The molecule has 0 atom stereocenters. The highest BCUT2D eigenvalue weighted by Gasteiger charge is 2.17. The van der Waals surface area contributed by atoms with Crippen LogP contribution in [0.2, 0.25) is 0 Å². The van der Waals surface area contributed by atoms with E-state index in [9.17, 15) is 0 Å². The van der Waals surface area contributed by atoms with Crippen LogP contribution in [0.5, 0.6) is 0 Å². The standard InChI is InChI=1S/C26H30N4O/c1-28-12-14-30(15-13-28)26-20-22(27-25-5-3-2-4-24(25)26)9-6-21-7-10-23(11-8-21)29-16-18-31-19-17-29/h2-11,20H,12-19H2,1H3/b9-6+. The number of hydrogen-bond donors (Lipinski definition) is 0. The Morgan fingerprint density at radius 1 is 0.806 bits per heavy atom. The van der Waals surface area contributed by atoms with E-state index in [0.29, 0.717) is 0 Å². The molecule has 5 nitrogen and oxygen atoms in total. The van der Waals surface area contributed by atoms with Gasteiger partial charge in [0.25, 0.3) is 0 Å². The average molecular weight is 415 g/mol. The molecule has 2 aromatic carbocycles. The maximum atomic E-state index is 5.46. The van der Waals surface area contributed by atoms with Crippen LogP contribution in [-0.4, -0.2) is 69.4 Å². The van der Waals surface area contributed by atoms with Crippen LogP contribution in [0.15, 0.2) is 54.6 Å². The highest BCUT2D eigenvalue weighted by molar-refractivity contribution is 5.93. The van der Waals surface area contributed by atoms with Gasteiger partial charge in [-0.3, -0.25) is 0 Å². The van der Waals surface area contributed by atoms with E-state index in [-0.39, 0.29) is 0 Å². The van der Waals surface area contributed by atoms with Gasteiger partial charge in [0.05, 0.1) is 24.4 Å². The van der Waals surface area contributed by atoms with Crippen molar-refractivity contribution < 1.29 is 4.74 Å². The molecule has 31 heavy (non-hydrogen) atoms. The molecular formula is C26H30N4O. The van der Waals surface area contributed by atoms with Crippen LogP contribution < -0.4 is 9.80 Å². The molecule has 2 fully saturated rings. The topological polar surface area (TPSA) is 31.8 Å². The second kappa shape index (κ2) is 9.08. The largest absolute Gasteiger partial charge is 0.378 e. The van der Waals surface area contributed by atoms with Gasteiger partial charge in [0.15, 0.2) is 0 Å². The second-order valence-corrected chi connectivity index (χ2v) is 8.40. The van der Waals surface area contributed by atoms with Crippen molar-refractivity contribution in [3.8, 4) is 0 Å². The zero-order chi connectivity index (χ0) is 21.0. The number of likely N-dealkylation sites (N-methyl/N-ethyl adjacent to an activating group) is 1. The van der Waals surface area contributed by atoms with Crippen LogP contribution in [0.4, 0.5) is 11.4 Å². The fourth-order valence-corrected chi connectivity index (χ4v) is 4.37. The van der Waals surface area contributed by atoms with Crippen LogP contribution in [0, 0.1) is 0 Å². The van der Waals surface area contributed by atoms with Gasteiger partial charge in [0.2, 0.25) is 0 Å². The van der Waals surface area contributed by atoms with Gasteiger partial charge in [-0.15, -0.1) is 0 Å². The molecule has 3 heterocycles.